The standard InChI is InChI=1S/C7H6F3N3/c8-7(9,10)6(12)5-4(3-11)1-2-13-5/h1-2,6,13H,12H2/t6-/m0/s1. The van der Waals surface area contributed by atoms with E-state index in [0.29, 0.717) is 0 Å². The first-order chi connectivity index (χ1) is 5.96. The molecule has 0 aliphatic carbocycles. The third-order valence-corrected chi connectivity index (χ3v) is 1.56. The van der Waals surface area contributed by atoms with Crippen molar-refractivity contribution >= 4 is 0 Å². The van der Waals surface area contributed by atoms with Crippen molar-refractivity contribution in [1.82, 2.24) is 4.98 Å². The summed E-state index contributed by atoms with van der Waals surface area (Å²) in [5.41, 5.74) is 4.51. The predicted octanol–water partition coefficient (Wildman–Crippen LogP) is 1.45. The van der Waals surface area contributed by atoms with Gasteiger partial charge < -0.3 is 10.7 Å². The lowest BCUT2D eigenvalue weighted by molar-refractivity contribution is -0.149. The molecular formula is C7H6F3N3. The Morgan fingerprint density at radius 2 is 2.15 bits per heavy atom. The second kappa shape index (κ2) is 3.11. The van der Waals surface area contributed by atoms with Crippen LogP contribution in [0.3, 0.4) is 0 Å². The van der Waals surface area contributed by atoms with Gasteiger partial charge in [0.05, 0.1) is 11.3 Å². The number of H-pyrrole nitrogens is 1. The molecule has 0 aliphatic rings. The van der Waals surface area contributed by atoms with Gasteiger partial charge >= 0.3 is 6.18 Å². The van der Waals surface area contributed by atoms with Gasteiger partial charge in [0, 0.05) is 6.20 Å². The Bertz CT molecular complexity index is 333. The van der Waals surface area contributed by atoms with Crippen LogP contribution in [0.4, 0.5) is 13.2 Å². The second-order valence-electron chi connectivity index (χ2n) is 2.44. The zero-order chi connectivity index (χ0) is 10.1. The molecule has 13 heavy (non-hydrogen) atoms. The first kappa shape index (κ1) is 9.61. The number of alkyl halides is 3. The van der Waals surface area contributed by atoms with Crippen molar-refractivity contribution in [1.29, 1.82) is 5.26 Å². The van der Waals surface area contributed by atoms with Crippen molar-refractivity contribution in [3.05, 3.63) is 23.5 Å². The van der Waals surface area contributed by atoms with Crippen LogP contribution in [0.15, 0.2) is 12.3 Å². The van der Waals surface area contributed by atoms with Gasteiger partial charge in [-0.15, -0.1) is 0 Å². The summed E-state index contributed by atoms with van der Waals surface area (Å²) in [5.74, 6) is 0. The van der Waals surface area contributed by atoms with Crippen LogP contribution in [0.25, 0.3) is 0 Å². The molecule has 0 bridgehead atoms. The Hall–Kier alpha value is -1.48. The minimum absolute atomic E-state index is 0.0789. The van der Waals surface area contributed by atoms with E-state index in [1.54, 1.807) is 6.07 Å². The minimum atomic E-state index is -4.53. The first-order valence-electron chi connectivity index (χ1n) is 3.36. The Morgan fingerprint density at radius 3 is 2.62 bits per heavy atom. The summed E-state index contributed by atoms with van der Waals surface area (Å²) in [7, 11) is 0. The molecule has 1 heterocycles. The highest BCUT2D eigenvalue weighted by atomic mass is 19.4. The van der Waals surface area contributed by atoms with Crippen molar-refractivity contribution in [3.63, 3.8) is 0 Å². The molecule has 3 nitrogen and oxygen atoms in total. The SMILES string of the molecule is N#Cc1cc[nH]c1[C@H](N)C(F)(F)F. The van der Waals surface area contributed by atoms with Gasteiger partial charge in [0.25, 0.3) is 0 Å². The van der Waals surface area contributed by atoms with Crippen molar-refractivity contribution < 1.29 is 13.2 Å². The minimum Gasteiger partial charge on any atom is -0.362 e. The van der Waals surface area contributed by atoms with Gasteiger partial charge in [-0.1, -0.05) is 0 Å². The van der Waals surface area contributed by atoms with Crippen LogP contribution in [-0.4, -0.2) is 11.2 Å². The van der Waals surface area contributed by atoms with E-state index in [2.05, 4.69) is 4.98 Å². The van der Waals surface area contributed by atoms with Gasteiger partial charge in [-0.3, -0.25) is 0 Å². The highest BCUT2D eigenvalue weighted by molar-refractivity contribution is 5.35. The number of nitrogens with zero attached hydrogens (tertiary/aromatic N) is 1. The Morgan fingerprint density at radius 1 is 1.54 bits per heavy atom. The Balaban J connectivity index is 3.03. The summed E-state index contributed by atoms with van der Waals surface area (Å²) in [6.07, 6.45) is -3.28. The number of hydrogen-bond donors (Lipinski definition) is 2. The fourth-order valence-electron chi connectivity index (χ4n) is 0.901. The number of aromatic amines is 1. The van der Waals surface area contributed by atoms with Crippen molar-refractivity contribution in [2.75, 3.05) is 0 Å². The lowest BCUT2D eigenvalue weighted by Gasteiger charge is -2.14. The van der Waals surface area contributed by atoms with Gasteiger partial charge in [0.15, 0.2) is 0 Å². The highest BCUT2D eigenvalue weighted by Gasteiger charge is 2.39. The van der Waals surface area contributed by atoms with Crippen LogP contribution in [0.5, 0.6) is 0 Å². The zero-order valence-corrected chi connectivity index (χ0v) is 6.39. The maximum absolute atomic E-state index is 12.1. The Labute approximate surface area is 72.0 Å². The first-order valence-corrected chi connectivity index (χ1v) is 3.36. The van der Waals surface area contributed by atoms with E-state index in [1.165, 1.54) is 12.3 Å². The van der Waals surface area contributed by atoms with Gasteiger partial charge in [0.2, 0.25) is 0 Å². The lowest BCUT2D eigenvalue weighted by atomic mass is 10.1. The molecule has 1 rings (SSSR count). The molecule has 0 radical (unpaired) electrons. The molecular weight excluding hydrogens is 183 g/mol. The molecule has 70 valence electrons. The van der Waals surface area contributed by atoms with Crippen LogP contribution < -0.4 is 5.73 Å². The molecule has 0 fully saturated rings. The molecule has 0 unspecified atom stereocenters. The van der Waals surface area contributed by atoms with Crippen molar-refractivity contribution in [3.8, 4) is 6.07 Å². The average molecular weight is 189 g/mol. The molecule has 1 aromatic rings. The second-order valence-corrected chi connectivity index (χ2v) is 2.44. The van der Waals surface area contributed by atoms with Crippen molar-refractivity contribution in [2.24, 2.45) is 5.73 Å². The molecule has 0 spiro atoms. The average Bonchev–Trinajstić information content (AvgIpc) is 2.48. The monoisotopic (exact) mass is 189 g/mol. The van der Waals surface area contributed by atoms with E-state index in [0.717, 1.165) is 0 Å². The van der Waals surface area contributed by atoms with E-state index in [1.807, 2.05) is 0 Å². The van der Waals surface area contributed by atoms with Crippen molar-refractivity contribution in [2.45, 2.75) is 12.2 Å². The number of nitrogens with one attached hydrogen (secondary N) is 1. The van der Waals surface area contributed by atoms with E-state index in [4.69, 9.17) is 11.0 Å². The molecule has 0 aliphatic heterocycles. The number of rotatable bonds is 1. The van der Waals surface area contributed by atoms with Crippen LogP contribution in [0.1, 0.15) is 17.3 Å². The molecule has 0 aromatic carbocycles. The molecule has 1 aromatic heterocycles. The molecule has 3 N–H and O–H groups in total. The van der Waals surface area contributed by atoms with Crippen LogP contribution in [0.2, 0.25) is 0 Å². The maximum Gasteiger partial charge on any atom is 0.409 e. The van der Waals surface area contributed by atoms with E-state index in [9.17, 15) is 13.2 Å². The summed E-state index contributed by atoms with van der Waals surface area (Å²) in [6, 6.07) is 0.741. The third kappa shape index (κ3) is 1.81. The molecule has 0 amide bonds. The fraction of sp³-hybridized carbons (Fsp3) is 0.286. The largest absolute Gasteiger partial charge is 0.409 e. The topological polar surface area (TPSA) is 65.6 Å². The normalized spacial score (nSPS) is 13.8. The van der Waals surface area contributed by atoms with Crippen LogP contribution >= 0.6 is 0 Å². The van der Waals surface area contributed by atoms with Crippen LogP contribution in [0, 0.1) is 11.3 Å². The maximum atomic E-state index is 12.1. The highest BCUT2D eigenvalue weighted by Crippen LogP contribution is 2.30. The lowest BCUT2D eigenvalue weighted by Crippen LogP contribution is -2.29. The molecule has 0 saturated carbocycles. The summed E-state index contributed by atoms with van der Waals surface area (Å²) in [5, 5.41) is 8.43. The molecule has 0 saturated heterocycles. The number of nitrogens with two attached hydrogens (primary N) is 1. The summed E-state index contributed by atoms with van der Waals surface area (Å²) >= 11 is 0. The predicted molar refractivity (Wildman–Crippen MR) is 38.5 cm³/mol. The van der Waals surface area contributed by atoms with E-state index in [-0.39, 0.29) is 11.3 Å². The van der Waals surface area contributed by atoms with Gasteiger partial charge in [-0.25, -0.2) is 0 Å². The van der Waals surface area contributed by atoms with Crippen LogP contribution in [-0.2, 0) is 0 Å². The summed E-state index contributed by atoms with van der Waals surface area (Å²) in [6.45, 7) is 0. The number of nitriles is 1. The van der Waals surface area contributed by atoms with E-state index < -0.39 is 12.2 Å². The third-order valence-electron chi connectivity index (χ3n) is 1.56. The number of halogens is 3. The zero-order valence-electron chi connectivity index (χ0n) is 6.39. The van der Waals surface area contributed by atoms with E-state index >= 15 is 0 Å². The molecule has 6 heteroatoms. The van der Waals surface area contributed by atoms with Gasteiger partial charge in [-0.2, -0.15) is 18.4 Å². The number of aromatic nitrogens is 1. The fourth-order valence-corrected chi connectivity index (χ4v) is 0.901. The quantitative estimate of drug-likeness (QED) is 0.702. The van der Waals surface area contributed by atoms with Gasteiger partial charge in [-0.05, 0) is 6.07 Å². The molecule has 1 atom stereocenters. The summed E-state index contributed by atoms with van der Waals surface area (Å²) < 4.78 is 36.2. The number of hydrogen-bond acceptors (Lipinski definition) is 2. The Kier molecular flexibility index (Phi) is 2.30. The summed E-state index contributed by atoms with van der Waals surface area (Å²) in [4.78, 5) is 2.30. The smallest absolute Gasteiger partial charge is 0.362 e. The van der Waals surface area contributed by atoms with Gasteiger partial charge in [0.1, 0.15) is 12.1 Å².